The maximum atomic E-state index is 13.0. The van der Waals surface area contributed by atoms with Crippen molar-refractivity contribution in [2.75, 3.05) is 26.7 Å². The van der Waals surface area contributed by atoms with Crippen LogP contribution in [0.3, 0.4) is 0 Å². The predicted octanol–water partition coefficient (Wildman–Crippen LogP) is 4.06. The molecule has 1 saturated heterocycles. The number of benzene rings is 1. The van der Waals surface area contributed by atoms with Gasteiger partial charge in [-0.2, -0.15) is 0 Å². The van der Waals surface area contributed by atoms with E-state index in [1.165, 1.54) is 11.3 Å². The van der Waals surface area contributed by atoms with E-state index in [1.54, 1.807) is 0 Å². The zero-order valence-electron chi connectivity index (χ0n) is 14.7. The molecule has 0 spiro atoms. The molecule has 3 rings (SSSR count). The van der Waals surface area contributed by atoms with Gasteiger partial charge >= 0.3 is 0 Å². The highest BCUT2D eigenvalue weighted by Gasteiger charge is 2.27. The van der Waals surface area contributed by atoms with E-state index in [4.69, 9.17) is 4.74 Å². The Morgan fingerprint density at radius 2 is 1.96 bits per heavy atom. The second kappa shape index (κ2) is 9.22. The fourth-order valence-electron chi connectivity index (χ4n) is 3.05. The summed E-state index contributed by atoms with van der Waals surface area (Å²) < 4.78 is 5.74. The molecule has 1 amide bonds. The molecule has 0 bridgehead atoms. The Morgan fingerprint density at radius 1 is 1.28 bits per heavy atom. The molecule has 136 valence electrons. The molecule has 1 fully saturated rings. The first-order chi connectivity index (χ1) is 11.7. The minimum absolute atomic E-state index is 0. The number of nitrogens with one attached hydrogen (secondary N) is 1. The number of amides is 1. The molecule has 1 aromatic heterocycles. The maximum absolute atomic E-state index is 13.0. The van der Waals surface area contributed by atoms with Crippen molar-refractivity contribution in [3.63, 3.8) is 0 Å². The number of halogens is 1. The first kappa shape index (κ1) is 19.8. The van der Waals surface area contributed by atoms with E-state index in [1.807, 2.05) is 43.1 Å². The standard InChI is InChI=1S/C19H24N2O2S.ClH/c1-3-23-16-13-17(14-7-5-4-6-8-14)24-18(16)19(22)21-11-9-15(20-2)10-12-21;/h4-8,13,15,20H,3,9-12H2,1-2H3;1H. The lowest BCUT2D eigenvalue weighted by molar-refractivity contribution is 0.0708. The van der Waals surface area contributed by atoms with Crippen LogP contribution in [0.25, 0.3) is 10.4 Å². The second-order valence-electron chi connectivity index (χ2n) is 5.96. The topological polar surface area (TPSA) is 41.6 Å². The first-order valence-electron chi connectivity index (χ1n) is 8.51. The van der Waals surface area contributed by atoms with Crippen LogP contribution in [-0.2, 0) is 0 Å². The molecule has 25 heavy (non-hydrogen) atoms. The van der Waals surface area contributed by atoms with Gasteiger partial charge in [-0.1, -0.05) is 30.3 Å². The van der Waals surface area contributed by atoms with E-state index >= 15 is 0 Å². The average molecular weight is 381 g/mol. The zero-order valence-corrected chi connectivity index (χ0v) is 16.3. The predicted molar refractivity (Wildman–Crippen MR) is 106 cm³/mol. The zero-order chi connectivity index (χ0) is 16.9. The van der Waals surface area contributed by atoms with Crippen LogP contribution in [0.1, 0.15) is 29.4 Å². The van der Waals surface area contributed by atoms with Crippen molar-refractivity contribution in [1.29, 1.82) is 0 Å². The average Bonchev–Trinajstić information content (AvgIpc) is 3.06. The Hall–Kier alpha value is -1.56. The highest BCUT2D eigenvalue weighted by molar-refractivity contribution is 7.17. The molecule has 4 nitrogen and oxygen atoms in total. The number of hydrogen-bond donors (Lipinski definition) is 1. The number of ether oxygens (including phenoxy) is 1. The van der Waals surface area contributed by atoms with Gasteiger partial charge in [0.15, 0.2) is 0 Å². The van der Waals surface area contributed by atoms with E-state index in [0.717, 1.165) is 41.2 Å². The smallest absolute Gasteiger partial charge is 0.267 e. The van der Waals surface area contributed by atoms with Crippen molar-refractivity contribution in [3.05, 3.63) is 41.3 Å². The van der Waals surface area contributed by atoms with Crippen molar-refractivity contribution >= 4 is 29.7 Å². The van der Waals surface area contributed by atoms with Gasteiger partial charge in [-0.15, -0.1) is 23.7 Å². The number of thiophene rings is 1. The van der Waals surface area contributed by atoms with Gasteiger partial charge in [0.25, 0.3) is 5.91 Å². The van der Waals surface area contributed by atoms with Crippen molar-refractivity contribution in [3.8, 4) is 16.2 Å². The number of likely N-dealkylation sites (tertiary alicyclic amines) is 1. The molecule has 0 radical (unpaired) electrons. The summed E-state index contributed by atoms with van der Waals surface area (Å²) in [5.41, 5.74) is 1.12. The molecule has 0 atom stereocenters. The van der Waals surface area contributed by atoms with E-state index in [0.29, 0.717) is 18.4 Å². The van der Waals surface area contributed by atoms with Gasteiger partial charge < -0.3 is 15.0 Å². The molecule has 1 aromatic carbocycles. The number of piperidine rings is 1. The maximum Gasteiger partial charge on any atom is 0.267 e. The van der Waals surface area contributed by atoms with Crippen molar-refractivity contribution in [1.82, 2.24) is 10.2 Å². The summed E-state index contributed by atoms with van der Waals surface area (Å²) in [6, 6.07) is 12.7. The highest BCUT2D eigenvalue weighted by atomic mass is 35.5. The lowest BCUT2D eigenvalue weighted by Crippen LogP contribution is -2.43. The molecule has 6 heteroatoms. The summed E-state index contributed by atoms with van der Waals surface area (Å²) in [5.74, 6) is 0.808. The normalized spacial score (nSPS) is 14.9. The number of rotatable bonds is 5. The van der Waals surface area contributed by atoms with Crippen LogP contribution in [0, 0.1) is 0 Å². The van der Waals surface area contributed by atoms with Crippen molar-refractivity contribution in [2.45, 2.75) is 25.8 Å². The highest BCUT2D eigenvalue weighted by Crippen LogP contribution is 2.37. The molecular weight excluding hydrogens is 356 g/mol. The molecule has 1 aliphatic heterocycles. The van der Waals surface area contributed by atoms with Crippen LogP contribution in [0.5, 0.6) is 5.75 Å². The molecular formula is C19H25ClN2O2S. The van der Waals surface area contributed by atoms with Crippen LogP contribution in [0.15, 0.2) is 36.4 Å². The summed E-state index contributed by atoms with van der Waals surface area (Å²) in [4.78, 5) is 16.7. The fraction of sp³-hybridized carbons (Fsp3) is 0.421. The summed E-state index contributed by atoms with van der Waals surface area (Å²) in [6.45, 7) is 4.11. The monoisotopic (exact) mass is 380 g/mol. The third kappa shape index (κ3) is 4.54. The molecule has 0 saturated carbocycles. The summed E-state index contributed by atoms with van der Waals surface area (Å²) >= 11 is 1.53. The largest absolute Gasteiger partial charge is 0.492 e. The van der Waals surface area contributed by atoms with Gasteiger partial charge in [0.2, 0.25) is 0 Å². The summed E-state index contributed by atoms with van der Waals surface area (Å²) in [6.07, 6.45) is 2.01. The number of hydrogen-bond acceptors (Lipinski definition) is 4. The van der Waals surface area contributed by atoms with Gasteiger partial charge in [-0.05, 0) is 38.4 Å². The van der Waals surface area contributed by atoms with Gasteiger partial charge in [-0.3, -0.25) is 4.79 Å². The van der Waals surface area contributed by atoms with Crippen LogP contribution >= 0.6 is 23.7 Å². The van der Waals surface area contributed by atoms with E-state index in [9.17, 15) is 4.79 Å². The van der Waals surface area contributed by atoms with Crippen LogP contribution in [0.2, 0.25) is 0 Å². The molecule has 2 aromatic rings. The molecule has 2 heterocycles. The second-order valence-corrected chi connectivity index (χ2v) is 7.01. The Balaban J connectivity index is 0.00000225. The molecule has 1 aliphatic rings. The van der Waals surface area contributed by atoms with E-state index in [-0.39, 0.29) is 18.3 Å². The van der Waals surface area contributed by atoms with Gasteiger partial charge in [0.1, 0.15) is 10.6 Å². The van der Waals surface area contributed by atoms with Crippen LogP contribution in [0.4, 0.5) is 0 Å². The number of carbonyl (C=O) groups excluding carboxylic acids is 1. The molecule has 0 aliphatic carbocycles. The van der Waals surface area contributed by atoms with Gasteiger partial charge in [-0.25, -0.2) is 0 Å². The quantitative estimate of drug-likeness (QED) is 0.850. The van der Waals surface area contributed by atoms with Crippen molar-refractivity contribution < 1.29 is 9.53 Å². The first-order valence-corrected chi connectivity index (χ1v) is 9.33. The van der Waals surface area contributed by atoms with Crippen LogP contribution < -0.4 is 10.1 Å². The number of nitrogens with zero attached hydrogens (tertiary/aromatic N) is 1. The van der Waals surface area contributed by atoms with Crippen molar-refractivity contribution in [2.24, 2.45) is 0 Å². The van der Waals surface area contributed by atoms with E-state index < -0.39 is 0 Å². The third-order valence-electron chi connectivity index (χ3n) is 4.44. The minimum Gasteiger partial charge on any atom is -0.492 e. The number of carbonyl (C=O) groups is 1. The molecule has 0 unspecified atom stereocenters. The summed E-state index contributed by atoms with van der Waals surface area (Å²) in [7, 11) is 1.99. The fourth-order valence-corrected chi connectivity index (χ4v) is 4.12. The Morgan fingerprint density at radius 3 is 2.56 bits per heavy atom. The SMILES string of the molecule is CCOc1cc(-c2ccccc2)sc1C(=O)N1CCC(NC)CC1.Cl. The molecule has 1 N–H and O–H groups in total. The van der Waals surface area contributed by atoms with Gasteiger partial charge in [0, 0.05) is 24.0 Å². The van der Waals surface area contributed by atoms with Gasteiger partial charge in [0.05, 0.1) is 6.61 Å². The summed E-state index contributed by atoms with van der Waals surface area (Å²) in [5, 5.41) is 3.30. The van der Waals surface area contributed by atoms with Crippen LogP contribution in [-0.4, -0.2) is 43.6 Å². The minimum atomic E-state index is 0. The van der Waals surface area contributed by atoms with E-state index in [2.05, 4.69) is 17.4 Å². The third-order valence-corrected chi connectivity index (χ3v) is 5.59. The lowest BCUT2D eigenvalue weighted by atomic mass is 10.1. The Labute approximate surface area is 159 Å². The Bertz CT molecular complexity index is 682. The Kier molecular flexibility index (Phi) is 7.29. The lowest BCUT2D eigenvalue weighted by Gasteiger charge is -2.31.